The van der Waals surface area contributed by atoms with Gasteiger partial charge in [0.2, 0.25) is 0 Å². The van der Waals surface area contributed by atoms with Gasteiger partial charge in [0.05, 0.1) is 20.6 Å². The molecule has 0 aliphatic rings. The zero-order valence-electron chi connectivity index (χ0n) is 15.6. The molecule has 3 aromatic carbocycles. The van der Waals surface area contributed by atoms with E-state index in [0.29, 0.717) is 5.75 Å². The first kappa shape index (κ1) is 19.2. The Labute approximate surface area is 162 Å². The van der Waals surface area contributed by atoms with Crippen LogP contribution in [0, 0.1) is 0 Å². The second-order valence-corrected chi connectivity index (χ2v) is 6.01. The first-order valence-corrected chi connectivity index (χ1v) is 8.65. The van der Waals surface area contributed by atoms with Crippen LogP contribution in [0.5, 0.6) is 17.2 Å². The van der Waals surface area contributed by atoms with Crippen molar-refractivity contribution in [3.05, 3.63) is 66.2 Å². The summed E-state index contributed by atoms with van der Waals surface area (Å²) in [5, 5.41) is 2.00. The Kier molecular flexibility index (Phi) is 6.11. The van der Waals surface area contributed by atoms with Gasteiger partial charge in [-0.15, -0.1) is 0 Å². The van der Waals surface area contributed by atoms with Crippen LogP contribution < -0.4 is 14.2 Å². The van der Waals surface area contributed by atoms with E-state index in [1.165, 1.54) is 7.11 Å². The van der Waals surface area contributed by atoms with Crippen molar-refractivity contribution < 1.29 is 28.5 Å². The first-order chi connectivity index (χ1) is 13.6. The van der Waals surface area contributed by atoms with Crippen molar-refractivity contribution in [3.8, 4) is 17.2 Å². The highest BCUT2D eigenvalue weighted by atomic mass is 16.6. The monoisotopic (exact) mass is 380 g/mol. The lowest BCUT2D eigenvalue weighted by Gasteiger charge is -2.09. The van der Waals surface area contributed by atoms with Crippen LogP contribution in [0.15, 0.2) is 60.7 Å². The third kappa shape index (κ3) is 4.79. The highest BCUT2D eigenvalue weighted by molar-refractivity contribution is 5.86. The predicted octanol–water partition coefficient (Wildman–Crippen LogP) is 3.55. The lowest BCUT2D eigenvalue weighted by atomic mass is 10.0. The van der Waals surface area contributed by atoms with E-state index in [9.17, 15) is 9.59 Å². The van der Waals surface area contributed by atoms with Gasteiger partial charge in [-0.1, -0.05) is 36.4 Å². The van der Waals surface area contributed by atoms with Gasteiger partial charge in [-0.2, -0.15) is 0 Å². The van der Waals surface area contributed by atoms with E-state index in [4.69, 9.17) is 18.9 Å². The van der Waals surface area contributed by atoms with E-state index >= 15 is 0 Å². The van der Waals surface area contributed by atoms with Crippen molar-refractivity contribution in [2.75, 3.05) is 20.8 Å². The average Bonchev–Trinajstić information content (AvgIpc) is 2.72. The Morgan fingerprint density at radius 2 is 1.50 bits per heavy atom. The smallest absolute Gasteiger partial charge is 0.349 e. The second kappa shape index (κ2) is 8.90. The lowest BCUT2D eigenvalue weighted by molar-refractivity contribution is -0.153. The van der Waals surface area contributed by atoms with Gasteiger partial charge in [0.25, 0.3) is 0 Å². The van der Waals surface area contributed by atoms with E-state index in [2.05, 4.69) is 0 Å². The molecule has 0 aliphatic heterocycles. The van der Waals surface area contributed by atoms with Crippen LogP contribution in [0.4, 0.5) is 0 Å². The maximum atomic E-state index is 12.1. The standard InChI is InChI=1S/C22H20O6/c1-25-18-10-9-16-11-15(7-8-17(16)13-18)12-21(23)27-14-22(24)28-20-6-4-3-5-19(20)26-2/h3-11,13H,12,14H2,1-2H3. The van der Waals surface area contributed by atoms with E-state index in [1.54, 1.807) is 31.4 Å². The molecule has 0 saturated carbocycles. The molecular formula is C22H20O6. The molecule has 3 aromatic rings. The quantitative estimate of drug-likeness (QED) is 0.461. The number of rotatable bonds is 7. The SMILES string of the molecule is COc1ccc2cc(CC(=O)OCC(=O)Oc3ccccc3OC)ccc2c1. The molecule has 0 bridgehead atoms. The zero-order valence-corrected chi connectivity index (χ0v) is 15.6. The summed E-state index contributed by atoms with van der Waals surface area (Å²) in [5.41, 5.74) is 0.792. The summed E-state index contributed by atoms with van der Waals surface area (Å²) < 4.78 is 20.5. The molecule has 0 N–H and O–H groups in total. The molecule has 0 unspecified atom stereocenters. The Morgan fingerprint density at radius 3 is 2.25 bits per heavy atom. The van der Waals surface area contributed by atoms with Crippen LogP contribution in [-0.2, 0) is 20.7 Å². The molecule has 0 atom stereocenters. The van der Waals surface area contributed by atoms with E-state index in [1.807, 2.05) is 36.4 Å². The molecule has 0 heterocycles. The molecule has 28 heavy (non-hydrogen) atoms. The number of ether oxygens (including phenoxy) is 4. The summed E-state index contributed by atoms with van der Waals surface area (Å²) in [7, 11) is 3.09. The Bertz CT molecular complexity index is 995. The summed E-state index contributed by atoms with van der Waals surface area (Å²) in [6, 6.07) is 18.1. The Balaban J connectivity index is 1.55. The minimum Gasteiger partial charge on any atom is -0.497 e. The van der Waals surface area contributed by atoms with Crippen LogP contribution in [0.1, 0.15) is 5.56 Å². The predicted molar refractivity (Wildman–Crippen MR) is 104 cm³/mol. The molecule has 0 amide bonds. The van der Waals surface area contributed by atoms with Gasteiger partial charge in [-0.3, -0.25) is 4.79 Å². The lowest BCUT2D eigenvalue weighted by Crippen LogP contribution is -2.20. The van der Waals surface area contributed by atoms with Gasteiger partial charge in [0, 0.05) is 0 Å². The van der Waals surface area contributed by atoms with Gasteiger partial charge >= 0.3 is 11.9 Å². The van der Waals surface area contributed by atoms with Crippen molar-refractivity contribution in [2.24, 2.45) is 0 Å². The van der Waals surface area contributed by atoms with Crippen molar-refractivity contribution in [3.63, 3.8) is 0 Å². The van der Waals surface area contributed by atoms with Gasteiger partial charge in [0.1, 0.15) is 5.75 Å². The number of benzene rings is 3. The van der Waals surface area contributed by atoms with Gasteiger partial charge < -0.3 is 18.9 Å². The summed E-state index contributed by atoms with van der Waals surface area (Å²) in [6.45, 7) is -0.471. The van der Waals surface area contributed by atoms with Crippen LogP contribution >= 0.6 is 0 Å². The van der Waals surface area contributed by atoms with Gasteiger partial charge in [-0.05, 0) is 40.6 Å². The van der Waals surface area contributed by atoms with Crippen LogP contribution in [0.3, 0.4) is 0 Å². The molecule has 0 fully saturated rings. The highest BCUT2D eigenvalue weighted by Gasteiger charge is 2.13. The number of carbonyl (C=O) groups is 2. The van der Waals surface area contributed by atoms with Gasteiger partial charge in [-0.25, -0.2) is 4.79 Å². The van der Waals surface area contributed by atoms with Crippen LogP contribution in [-0.4, -0.2) is 32.8 Å². The fraction of sp³-hybridized carbons (Fsp3) is 0.182. The van der Waals surface area contributed by atoms with Crippen molar-refractivity contribution in [1.29, 1.82) is 0 Å². The molecule has 0 radical (unpaired) electrons. The fourth-order valence-electron chi connectivity index (χ4n) is 2.72. The minimum absolute atomic E-state index is 0.0594. The third-order valence-corrected chi connectivity index (χ3v) is 4.10. The molecule has 0 spiro atoms. The van der Waals surface area contributed by atoms with E-state index in [-0.39, 0.29) is 12.2 Å². The molecule has 144 valence electrons. The Hall–Kier alpha value is -3.54. The number of methoxy groups -OCH3 is 2. The summed E-state index contributed by atoms with van der Waals surface area (Å²) >= 11 is 0. The molecule has 6 heteroatoms. The average molecular weight is 380 g/mol. The Morgan fingerprint density at radius 1 is 0.786 bits per heavy atom. The molecule has 6 nitrogen and oxygen atoms in total. The first-order valence-electron chi connectivity index (χ1n) is 8.65. The molecule has 0 aliphatic carbocycles. The van der Waals surface area contributed by atoms with Crippen LogP contribution in [0.2, 0.25) is 0 Å². The molecule has 0 aromatic heterocycles. The van der Waals surface area contributed by atoms with E-state index < -0.39 is 18.5 Å². The number of fused-ring (bicyclic) bond motifs is 1. The maximum absolute atomic E-state index is 12.1. The van der Waals surface area contributed by atoms with Crippen molar-refractivity contribution in [1.82, 2.24) is 0 Å². The minimum atomic E-state index is -0.677. The third-order valence-electron chi connectivity index (χ3n) is 4.10. The number of esters is 2. The topological polar surface area (TPSA) is 71.1 Å². The fourth-order valence-corrected chi connectivity index (χ4v) is 2.72. The van der Waals surface area contributed by atoms with Crippen molar-refractivity contribution >= 4 is 22.7 Å². The zero-order chi connectivity index (χ0) is 19.9. The number of carbonyl (C=O) groups excluding carboxylic acids is 2. The molecule has 0 saturated heterocycles. The highest BCUT2D eigenvalue weighted by Crippen LogP contribution is 2.26. The normalized spacial score (nSPS) is 10.4. The molecule has 3 rings (SSSR count). The maximum Gasteiger partial charge on any atom is 0.349 e. The number of hydrogen-bond acceptors (Lipinski definition) is 6. The number of para-hydroxylation sites is 2. The summed E-state index contributed by atoms with van der Waals surface area (Å²) in [4.78, 5) is 24.0. The summed E-state index contributed by atoms with van der Waals surface area (Å²) in [6.07, 6.45) is 0.0594. The number of hydrogen-bond donors (Lipinski definition) is 0. The van der Waals surface area contributed by atoms with Gasteiger partial charge in [0.15, 0.2) is 18.1 Å². The van der Waals surface area contributed by atoms with Crippen molar-refractivity contribution in [2.45, 2.75) is 6.42 Å². The summed E-state index contributed by atoms with van der Waals surface area (Å²) in [5.74, 6) is 0.285. The largest absolute Gasteiger partial charge is 0.497 e. The van der Waals surface area contributed by atoms with Crippen LogP contribution in [0.25, 0.3) is 10.8 Å². The van der Waals surface area contributed by atoms with E-state index in [0.717, 1.165) is 22.1 Å². The molecular weight excluding hydrogens is 360 g/mol. The second-order valence-electron chi connectivity index (χ2n) is 6.01.